The van der Waals surface area contributed by atoms with E-state index in [1.807, 2.05) is 18.7 Å². The van der Waals surface area contributed by atoms with Crippen molar-refractivity contribution in [1.82, 2.24) is 14.9 Å². The van der Waals surface area contributed by atoms with Gasteiger partial charge in [-0.2, -0.15) is 0 Å². The molecule has 0 saturated carbocycles. The van der Waals surface area contributed by atoms with E-state index in [1.165, 1.54) is 11.1 Å². The predicted octanol–water partition coefficient (Wildman–Crippen LogP) is 1.89. The maximum Gasteiger partial charge on any atom is 0.209 e. The van der Waals surface area contributed by atoms with Gasteiger partial charge in [0, 0.05) is 24.5 Å². The monoisotopic (exact) mass is 257 g/mol. The number of rotatable bonds is 2. The molecule has 2 heterocycles. The van der Waals surface area contributed by atoms with E-state index in [0.29, 0.717) is 11.8 Å². The molecule has 2 unspecified atom stereocenters. The molecule has 0 spiro atoms. The van der Waals surface area contributed by atoms with Gasteiger partial charge in [-0.05, 0) is 50.2 Å². The van der Waals surface area contributed by atoms with Gasteiger partial charge in [-0.3, -0.25) is 4.79 Å². The lowest BCUT2D eigenvalue weighted by Gasteiger charge is -2.11. The van der Waals surface area contributed by atoms with Crippen LogP contribution in [0, 0.1) is 32.6 Å². The Morgan fingerprint density at radius 3 is 2.47 bits per heavy atom. The van der Waals surface area contributed by atoms with Crippen molar-refractivity contribution in [2.24, 2.45) is 11.8 Å². The summed E-state index contributed by atoms with van der Waals surface area (Å²) >= 11 is 0. The fraction of sp³-hybridized carbons (Fsp3) is 0.533. The van der Waals surface area contributed by atoms with Gasteiger partial charge >= 0.3 is 0 Å². The molecule has 0 N–H and O–H groups in total. The number of carbonyl (C=O) groups excluding carboxylic acids is 1. The summed E-state index contributed by atoms with van der Waals surface area (Å²) in [5.41, 5.74) is 4.56. The first-order valence-corrected chi connectivity index (χ1v) is 6.80. The molecule has 1 saturated heterocycles. The topological polar surface area (TPSA) is 46.1 Å². The highest BCUT2D eigenvalue weighted by Gasteiger charge is 2.36. The molecule has 0 radical (unpaired) electrons. The van der Waals surface area contributed by atoms with Gasteiger partial charge in [-0.1, -0.05) is 6.08 Å². The first-order valence-electron chi connectivity index (χ1n) is 6.80. The van der Waals surface area contributed by atoms with Crippen molar-refractivity contribution in [1.29, 1.82) is 0 Å². The first-order chi connectivity index (χ1) is 9.08. The fourth-order valence-electron chi connectivity index (χ4n) is 3.11. The molecule has 3 rings (SSSR count). The molecule has 1 amide bonds. The number of hydrogen-bond donors (Lipinski definition) is 0. The molecule has 1 aliphatic carbocycles. The van der Waals surface area contributed by atoms with E-state index in [2.05, 4.69) is 23.0 Å². The second-order valence-electron chi connectivity index (χ2n) is 5.72. The maximum atomic E-state index is 10.8. The Hall–Kier alpha value is -1.71. The largest absolute Gasteiger partial charge is 0.344 e. The van der Waals surface area contributed by atoms with Crippen LogP contribution < -0.4 is 0 Å². The molecule has 100 valence electrons. The van der Waals surface area contributed by atoms with Gasteiger partial charge in [0.15, 0.2) is 5.82 Å². The van der Waals surface area contributed by atoms with E-state index in [1.54, 1.807) is 0 Å². The van der Waals surface area contributed by atoms with Crippen LogP contribution in [0.1, 0.15) is 29.2 Å². The molecule has 2 aliphatic rings. The van der Waals surface area contributed by atoms with Crippen molar-refractivity contribution in [3.63, 3.8) is 0 Å². The number of aryl methyl sites for hydroxylation is 2. The van der Waals surface area contributed by atoms with E-state index < -0.39 is 0 Å². The minimum atomic E-state index is 0.491. The Morgan fingerprint density at radius 2 is 1.89 bits per heavy atom. The van der Waals surface area contributed by atoms with Gasteiger partial charge in [-0.25, -0.2) is 9.97 Å². The highest BCUT2D eigenvalue weighted by Crippen LogP contribution is 2.39. The van der Waals surface area contributed by atoms with E-state index in [4.69, 9.17) is 0 Å². The number of carbonyl (C=O) groups is 1. The number of likely N-dealkylation sites (tertiary alicyclic amines) is 1. The zero-order chi connectivity index (χ0) is 13.6. The average Bonchev–Trinajstić information content (AvgIpc) is 2.92. The second kappa shape index (κ2) is 4.44. The summed E-state index contributed by atoms with van der Waals surface area (Å²) in [6.07, 6.45) is 4.23. The minimum Gasteiger partial charge on any atom is -0.344 e. The molecule has 1 fully saturated rings. The molecule has 2 atom stereocenters. The predicted molar refractivity (Wildman–Crippen MR) is 73.5 cm³/mol. The SMILES string of the molecule is Cc1nc(C2=CC3CN(C=O)CC3C2)nc(C)c1C. The van der Waals surface area contributed by atoms with Gasteiger partial charge in [0.05, 0.1) is 0 Å². The molecule has 4 heteroatoms. The lowest BCUT2D eigenvalue weighted by molar-refractivity contribution is -0.117. The summed E-state index contributed by atoms with van der Waals surface area (Å²) in [7, 11) is 0. The smallest absolute Gasteiger partial charge is 0.209 e. The normalized spacial score (nSPS) is 25.4. The Balaban J connectivity index is 1.88. The Kier molecular flexibility index (Phi) is 2.88. The van der Waals surface area contributed by atoms with Crippen molar-refractivity contribution >= 4 is 12.0 Å². The molecular weight excluding hydrogens is 238 g/mol. The number of allylic oxidation sites excluding steroid dienone is 1. The third-order valence-corrected chi connectivity index (χ3v) is 4.49. The van der Waals surface area contributed by atoms with Crippen molar-refractivity contribution < 1.29 is 4.79 Å². The van der Waals surface area contributed by atoms with E-state index in [0.717, 1.165) is 43.1 Å². The number of fused-ring (bicyclic) bond motifs is 1. The zero-order valence-electron chi connectivity index (χ0n) is 11.7. The fourth-order valence-corrected chi connectivity index (χ4v) is 3.11. The van der Waals surface area contributed by atoms with Crippen LogP contribution in [0.2, 0.25) is 0 Å². The molecule has 1 aromatic heterocycles. The van der Waals surface area contributed by atoms with E-state index in [9.17, 15) is 4.79 Å². The average molecular weight is 257 g/mol. The first kappa shape index (κ1) is 12.3. The van der Waals surface area contributed by atoms with Crippen molar-refractivity contribution in [3.05, 3.63) is 28.9 Å². The minimum absolute atomic E-state index is 0.491. The third kappa shape index (κ3) is 2.05. The van der Waals surface area contributed by atoms with Crippen molar-refractivity contribution in [2.75, 3.05) is 13.1 Å². The number of amides is 1. The summed E-state index contributed by atoms with van der Waals surface area (Å²) in [6.45, 7) is 7.86. The summed E-state index contributed by atoms with van der Waals surface area (Å²) in [4.78, 5) is 21.9. The zero-order valence-corrected chi connectivity index (χ0v) is 11.7. The lowest BCUT2D eigenvalue weighted by atomic mass is 10.00. The van der Waals surface area contributed by atoms with Gasteiger partial charge in [-0.15, -0.1) is 0 Å². The summed E-state index contributed by atoms with van der Waals surface area (Å²) in [5.74, 6) is 1.93. The van der Waals surface area contributed by atoms with Crippen molar-refractivity contribution in [3.8, 4) is 0 Å². The lowest BCUT2D eigenvalue weighted by Crippen LogP contribution is -2.18. The number of aromatic nitrogens is 2. The van der Waals surface area contributed by atoms with Crippen LogP contribution in [0.4, 0.5) is 0 Å². The molecular formula is C15H19N3O. The summed E-state index contributed by atoms with van der Waals surface area (Å²) < 4.78 is 0. The van der Waals surface area contributed by atoms with Crippen molar-refractivity contribution in [2.45, 2.75) is 27.2 Å². The van der Waals surface area contributed by atoms with Crippen LogP contribution >= 0.6 is 0 Å². The van der Waals surface area contributed by atoms with Crippen LogP contribution in [0.3, 0.4) is 0 Å². The summed E-state index contributed by atoms with van der Waals surface area (Å²) in [5, 5.41) is 0. The van der Waals surface area contributed by atoms with Gasteiger partial charge in [0.25, 0.3) is 0 Å². The standard InChI is InChI=1S/C15H19N3O/c1-9-10(2)16-15(17-11(9)3)12-4-13-6-18(8-19)7-14(13)5-12/h4,8,13-14H,5-7H2,1-3H3. The quantitative estimate of drug-likeness (QED) is 0.760. The highest BCUT2D eigenvalue weighted by atomic mass is 16.1. The third-order valence-electron chi connectivity index (χ3n) is 4.49. The molecule has 1 aliphatic heterocycles. The highest BCUT2D eigenvalue weighted by molar-refractivity contribution is 5.64. The summed E-state index contributed by atoms with van der Waals surface area (Å²) in [6, 6.07) is 0. The maximum absolute atomic E-state index is 10.8. The Bertz CT molecular complexity index is 542. The molecule has 0 aromatic carbocycles. The van der Waals surface area contributed by atoms with E-state index >= 15 is 0 Å². The molecule has 1 aromatic rings. The van der Waals surface area contributed by atoms with Gasteiger partial charge < -0.3 is 4.90 Å². The second-order valence-corrected chi connectivity index (χ2v) is 5.72. The molecule has 0 bridgehead atoms. The number of hydrogen-bond acceptors (Lipinski definition) is 3. The van der Waals surface area contributed by atoms with Crippen LogP contribution in [0.25, 0.3) is 5.57 Å². The van der Waals surface area contributed by atoms with Crippen LogP contribution in [0.5, 0.6) is 0 Å². The Morgan fingerprint density at radius 1 is 1.21 bits per heavy atom. The number of nitrogens with zero attached hydrogens (tertiary/aromatic N) is 3. The van der Waals surface area contributed by atoms with E-state index in [-0.39, 0.29) is 0 Å². The molecule has 19 heavy (non-hydrogen) atoms. The van der Waals surface area contributed by atoms with Gasteiger partial charge in [0.2, 0.25) is 6.41 Å². The molecule has 4 nitrogen and oxygen atoms in total. The van der Waals surface area contributed by atoms with Crippen LogP contribution in [0.15, 0.2) is 6.08 Å². The van der Waals surface area contributed by atoms with Crippen LogP contribution in [-0.4, -0.2) is 34.4 Å². The van der Waals surface area contributed by atoms with Gasteiger partial charge in [0.1, 0.15) is 0 Å². The van der Waals surface area contributed by atoms with Crippen LogP contribution in [-0.2, 0) is 4.79 Å². The Labute approximate surface area is 113 Å².